The monoisotopic (exact) mass is 420 g/mol. The first-order valence-electron chi connectivity index (χ1n) is 9.54. The van der Waals surface area contributed by atoms with E-state index in [-0.39, 0.29) is 55.6 Å². The summed E-state index contributed by atoms with van der Waals surface area (Å²) in [4.78, 5) is 38.6. The van der Waals surface area contributed by atoms with Crippen LogP contribution in [0, 0.1) is 5.82 Å². The quantitative estimate of drug-likeness (QED) is 0.568. The Morgan fingerprint density at radius 2 is 1.77 bits per heavy atom. The molecule has 30 heavy (non-hydrogen) atoms. The number of aliphatic hydroxyl groups excluding tert-OH is 1. The number of fused-ring (bicyclic) bond motifs is 1. The first kappa shape index (κ1) is 23.1. The van der Waals surface area contributed by atoms with Crippen LogP contribution in [0.15, 0.2) is 24.3 Å². The summed E-state index contributed by atoms with van der Waals surface area (Å²) < 4.78 is 19.4. The number of aromatic hydroxyl groups is 1. The summed E-state index contributed by atoms with van der Waals surface area (Å²) in [6.07, 6.45) is 0. The second kappa shape index (κ2) is 10.0. The first-order chi connectivity index (χ1) is 14.3. The average Bonchev–Trinajstić information content (AvgIpc) is 3.00. The Morgan fingerprint density at radius 1 is 1.17 bits per heavy atom. The van der Waals surface area contributed by atoms with E-state index in [1.54, 1.807) is 26.0 Å². The van der Waals surface area contributed by atoms with Gasteiger partial charge in [0.05, 0.1) is 6.61 Å². The van der Waals surface area contributed by atoms with Crippen LogP contribution in [0.25, 0.3) is 0 Å². The number of esters is 1. The molecule has 1 aromatic heterocycles. The molecule has 2 heterocycles. The zero-order valence-electron chi connectivity index (χ0n) is 17.1. The second-order valence-electron chi connectivity index (χ2n) is 6.52. The molecule has 0 aliphatic carbocycles. The summed E-state index contributed by atoms with van der Waals surface area (Å²) >= 11 is 0. The van der Waals surface area contributed by atoms with Crippen molar-refractivity contribution >= 4 is 17.7 Å². The van der Waals surface area contributed by atoms with Crippen molar-refractivity contribution < 1.29 is 33.7 Å². The highest BCUT2D eigenvalue weighted by Crippen LogP contribution is 2.34. The minimum atomic E-state index is -0.847. The molecular weight excluding hydrogens is 395 g/mol. The van der Waals surface area contributed by atoms with Gasteiger partial charge in [-0.25, -0.2) is 9.18 Å². The van der Waals surface area contributed by atoms with E-state index in [9.17, 15) is 23.9 Å². The van der Waals surface area contributed by atoms with E-state index >= 15 is 0 Å². The molecule has 1 aromatic carbocycles. The maximum Gasteiger partial charge on any atom is 0.344 e. The lowest BCUT2D eigenvalue weighted by atomic mass is 10.1. The van der Waals surface area contributed by atoms with Gasteiger partial charge in [0, 0.05) is 33.2 Å². The molecule has 0 unspecified atom stereocenters. The van der Waals surface area contributed by atoms with Gasteiger partial charge in [-0.15, -0.1) is 0 Å². The minimum Gasteiger partial charge on any atom is -0.505 e. The number of halogens is 1. The lowest BCUT2D eigenvalue weighted by Gasteiger charge is -2.29. The van der Waals surface area contributed by atoms with Gasteiger partial charge in [0.1, 0.15) is 17.1 Å². The number of aliphatic hydroxyl groups is 1. The molecular formula is C21H25FN2O6. The molecule has 1 aliphatic heterocycles. The van der Waals surface area contributed by atoms with Crippen molar-refractivity contribution in [3.8, 4) is 5.75 Å². The molecule has 162 valence electrons. The Hall–Kier alpha value is -3.20. The van der Waals surface area contributed by atoms with Crippen molar-refractivity contribution in [2.75, 3.05) is 19.8 Å². The predicted octanol–water partition coefficient (Wildman–Crippen LogP) is 2.37. The van der Waals surface area contributed by atoms with Crippen molar-refractivity contribution in [3.63, 3.8) is 0 Å². The van der Waals surface area contributed by atoms with Crippen LogP contribution in [0.4, 0.5) is 4.39 Å². The molecule has 2 N–H and O–H groups in total. The van der Waals surface area contributed by atoms with Crippen LogP contribution in [0.2, 0.25) is 0 Å². The Labute approximate surface area is 173 Å². The van der Waals surface area contributed by atoms with Gasteiger partial charge in [-0.05, 0) is 31.5 Å². The third kappa shape index (κ3) is 4.68. The Morgan fingerprint density at radius 3 is 2.30 bits per heavy atom. The fraction of sp³-hybridized carbons (Fsp3) is 0.381. The summed E-state index contributed by atoms with van der Waals surface area (Å²) in [5.74, 6) is -2.73. The molecule has 2 aromatic rings. The molecule has 0 atom stereocenters. The number of carbonyl (C=O) groups excluding carboxylic acids is 3. The van der Waals surface area contributed by atoms with E-state index in [2.05, 4.69) is 0 Å². The second-order valence-corrected chi connectivity index (χ2v) is 6.52. The van der Waals surface area contributed by atoms with Crippen molar-refractivity contribution in [2.24, 2.45) is 0 Å². The maximum absolute atomic E-state index is 13.1. The highest BCUT2D eigenvalue weighted by molar-refractivity contribution is 6.11. The lowest BCUT2D eigenvalue weighted by Crippen LogP contribution is -2.40. The smallest absolute Gasteiger partial charge is 0.344 e. The third-order valence-corrected chi connectivity index (χ3v) is 4.42. The van der Waals surface area contributed by atoms with Gasteiger partial charge in [-0.1, -0.05) is 12.1 Å². The van der Waals surface area contributed by atoms with Gasteiger partial charge >= 0.3 is 5.97 Å². The van der Waals surface area contributed by atoms with E-state index in [0.29, 0.717) is 0 Å². The number of aromatic nitrogens is 1. The molecule has 8 nitrogen and oxygen atoms in total. The third-order valence-electron chi connectivity index (χ3n) is 4.42. The fourth-order valence-electron chi connectivity index (χ4n) is 3.24. The van der Waals surface area contributed by atoms with Gasteiger partial charge in [0.25, 0.3) is 5.91 Å². The molecule has 0 fully saturated rings. The largest absolute Gasteiger partial charge is 0.505 e. The van der Waals surface area contributed by atoms with E-state index in [1.807, 2.05) is 0 Å². The van der Waals surface area contributed by atoms with Crippen LogP contribution >= 0.6 is 0 Å². The molecule has 9 heteroatoms. The minimum absolute atomic E-state index is 0.0317. The van der Waals surface area contributed by atoms with E-state index in [1.165, 1.54) is 28.5 Å². The number of carbonyl (C=O) groups is 3. The van der Waals surface area contributed by atoms with Gasteiger partial charge in [0.2, 0.25) is 0 Å². The zero-order chi connectivity index (χ0) is 22.4. The van der Waals surface area contributed by atoms with Crippen molar-refractivity contribution in [1.29, 1.82) is 0 Å². The van der Waals surface area contributed by atoms with Crippen molar-refractivity contribution in [2.45, 2.75) is 33.9 Å². The van der Waals surface area contributed by atoms with E-state index in [0.717, 1.165) is 5.56 Å². The van der Waals surface area contributed by atoms with E-state index < -0.39 is 23.4 Å². The summed E-state index contributed by atoms with van der Waals surface area (Å²) in [5.41, 5.74) is 0.297. The van der Waals surface area contributed by atoms with Crippen LogP contribution in [-0.4, -0.2) is 57.1 Å². The summed E-state index contributed by atoms with van der Waals surface area (Å²) in [6, 6.07) is 5.75. The standard InChI is InChI=1S/C19H19FN2O5.C2H6O/c1-3-27-19(26)14-15(11(2)23)22-9-8-21(18(25)16(22)17(14)24)10-12-4-6-13(20)7-5-12;1-2-3/h4-7,24H,3,8-10H2,1-2H3;3H,2H2,1H3. The lowest BCUT2D eigenvalue weighted by molar-refractivity contribution is 0.0519. The Balaban J connectivity index is 0.00000101. The van der Waals surface area contributed by atoms with Crippen LogP contribution in [0.3, 0.4) is 0 Å². The molecule has 1 aliphatic rings. The molecule has 3 rings (SSSR count). The molecule has 1 amide bonds. The van der Waals surface area contributed by atoms with Crippen LogP contribution in [0.1, 0.15) is 57.7 Å². The van der Waals surface area contributed by atoms with E-state index in [4.69, 9.17) is 9.84 Å². The van der Waals surface area contributed by atoms with Crippen LogP contribution < -0.4 is 0 Å². The number of ether oxygens (including phenoxy) is 1. The number of ketones is 1. The van der Waals surface area contributed by atoms with Crippen LogP contribution in [0.5, 0.6) is 5.75 Å². The number of amides is 1. The van der Waals surface area contributed by atoms with Crippen molar-refractivity contribution in [3.05, 3.63) is 52.6 Å². The van der Waals surface area contributed by atoms with Gasteiger partial charge in [-0.3, -0.25) is 9.59 Å². The number of benzene rings is 1. The number of Topliss-reactive ketones (excluding diaryl/α,β-unsaturated/α-hetero) is 1. The number of hydrogen-bond acceptors (Lipinski definition) is 6. The SMILES string of the molecule is CCO.CCOC(=O)c1c(O)c2n(c1C(C)=O)CCN(Cc1ccc(F)cc1)C2=O. The topological polar surface area (TPSA) is 109 Å². The Kier molecular flexibility index (Phi) is 7.71. The summed E-state index contributed by atoms with van der Waals surface area (Å²) in [5, 5.41) is 18.1. The van der Waals surface area contributed by atoms with Gasteiger partial charge in [0.15, 0.2) is 17.2 Å². The average molecular weight is 420 g/mol. The highest BCUT2D eigenvalue weighted by Gasteiger charge is 2.37. The van der Waals surface area contributed by atoms with Crippen molar-refractivity contribution in [1.82, 2.24) is 9.47 Å². The number of hydrogen-bond donors (Lipinski definition) is 2. The summed E-state index contributed by atoms with van der Waals surface area (Å²) in [6.45, 7) is 5.60. The molecule has 0 saturated heterocycles. The summed E-state index contributed by atoms with van der Waals surface area (Å²) in [7, 11) is 0. The first-order valence-corrected chi connectivity index (χ1v) is 9.54. The van der Waals surface area contributed by atoms with Gasteiger partial charge in [-0.2, -0.15) is 0 Å². The molecule has 0 bridgehead atoms. The highest BCUT2D eigenvalue weighted by atomic mass is 19.1. The fourth-order valence-corrected chi connectivity index (χ4v) is 3.24. The Bertz CT molecular complexity index is 936. The van der Waals surface area contributed by atoms with Crippen LogP contribution in [-0.2, 0) is 17.8 Å². The maximum atomic E-state index is 13.1. The molecule has 0 spiro atoms. The normalized spacial score (nSPS) is 12.7. The predicted molar refractivity (Wildman–Crippen MR) is 106 cm³/mol. The zero-order valence-corrected chi connectivity index (χ0v) is 17.1. The number of rotatable bonds is 5. The molecule has 0 radical (unpaired) electrons. The number of nitrogens with zero attached hydrogens (tertiary/aromatic N) is 2. The van der Waals surface area contributed by atoms with Gasteiger partial charge < -0.3 is 24.4 Å². The molecule has 0 saturated carbocycles.